The van der Waals surface area contributed by atoms with Gasteiger partial charge in [0.05, 0.1) is 6.04 Å². The number of hydrogen-bond donors (Lipinski definition) is 1. The predicted molar refractivity (Wildman–Crippen MR) is 94.8 cm³/mol. The average Bonchev–Trinajstić information content (AvgIpc) is 2.59. The Kier molecular flexibility index (Phi) is 5.19. The molecule has 1 aromatic carbocycles. The monoisotopic (exact) mass is 329 g/mol. The summed E-state index contributed by atoms with van der Waals surface area (Å²) in [4.78, 5) is 28.2. The third-order valence-corrected chi connectivity index (χ3v) is 5.27. The van der Waals surface area contributed by atoms with Crippen molar-refractivity contribution in [3.8, 4) is 0 Å². The Morgan fingerprint density at radius 1 is 1.17 bits per heavy atom. The molecule has 0 spiro atoms. The quantitative estimate of drug-likeness (QED) is 0.923. The Morgan fingerprint density at radius 2 is 1.92 bits per heavy atom. The highest BCUT2D eigenvalue weighted by molar-refractivity contribution is 5.97. The van der Waals surface area contributed by atoms with E-state index in [0.29, 0.717) is 12.0 Å². The predicted octanol–water partition coefficient (Wildman–Crippen LogP) is 2.03. The number of carbonyl (C=O) groups is 2. The van der Waals surface area contributed by atoms with Crippen LogP contribution in [0.25, 0.3) is 0 Å². The highest BCUT2D eigenvalue weighted by Gasteiger charge is 2.34. The summed E-state index contributed by atoms with van der Waals surface area (Å²) in [7, 11) is 0. The molecule has 2 amide bonds. The molecule has 0 aliphatic carbocycles. The smallest absolute Gasteiger partial charge is 0.244 e. The van der Waals surface area contributed by atoms with Crippen LogP contribution >= 0.6 is 0 Å². The van der Waals surface area contributed by atoms with Crippen LogP contribution in [0.3, 0.4) is 0 Å². The molecule has 2 aliphatic heterocycles. The van der Waals surface area contributed by atoms with Crippen LogP contribution in [-0.4, -0.2) is 48.4 Å². The molecule has 2 heterocycles. The molecule has 3 atom stereocenters. The van der Waals surface area contributed by atoms with Gasteiger partial charge in [0.15, 0.2) is 0 Å². The molecule has 0 radical (unpaired) electrons. The normalized spacial score (nSPS) is 28.1. The standard InChI is InChI=1S/C19H27N3O2/c1-14-13-21(15(2)23)12-10-17(14)20-18-9-6-11-22(19(18)24)16-7-4-3-5-8-16/h3-5,7-8,14,17-18,20H,6,9-13H2,1-2H3/t14-,17-,18-/m0/s1. The number of carbonyl (C=O) groups excluding carboxylic acids is 2. The fraction of sp³-hybridized carbons (Fsp3) is 0.579. The number of hydrogen-bond acceptors (Lipinski definition) is 3. The molecule has 0 bridgehead atoms. The van der Waals surface area contributed by atoms with Crippen LogP contribution in [0.4, 0.5) is 5.69 Å². The van der Waals surface area contributed by atoms with Crippen LogP contribution in [0, 0.1) is 5.92 Å². The van der Waals surface area contributed by atoms with E-state index >= 15 is 0 Å². The van der Waals surface area contributed by atoms with Crippen molar-refractivity contribution in [2.75, 3.05) is 24.5 Å². The summed E-state index contributed by atoms with van der Waals surface area (Å²) in [5.74, 6) is 0.681. The number of nitrogens with one attached hydrogen (secondary N) is 1. The van der Waals surface area contributed by atoms with Gasteiger partial charge in [0.1, 0.15) is 0 Å². The summed E-state index contributed by atoms with van der Waals surface area (Å²) < 4.78 is 0. The molecule has 5 nitrogen and oxygen atoms in total. The number of rotatable bonds is 3. The minimum absolute atomic E-state index is 0.115. The first-order valence-electron chi connectivity index (χ1n) is 8.94. The molecular formula is C19H27N3O2. The van der Waals surface area contributed by atoms with Crippen molar-refractivity contribution in [2.24, 2.45) is 5.92 Å². The van der Waals surface area contributed by atoms with Crippen LogP contribution in [-0.2, 0) is 9.59 Å². The van der Waals surface area contributed by atoms with Gasteiger partial charge in [0, 0.05) is 38.3 Å². The van der Waals surface area contributed by atoms with E-state index in [1.165, 1.54) is 0 Å². The van der Waals surface area contributed by atoms with E-state index in [-0.39, 0.29) is 17.9 Å². The van der Waals surface area contributed by atoms with Gasteiger partial charge in [0.2, 0.25) is 11.8 Å². The maximum absolute atomic E-state index is 12.9. The first kappa shape index (κ1) is 17.0. The van der Waals surface area contributed by atoms with E-state index in [2.05, 4.69) is 12.2 Å². The van der Waals surface area contributed by atoms with Crippen molar-refractivity contribution in [1.82, 2.24) is 10.2 Å². The lowest BCUT2D eigenvalue weighted by atomic mass is 9.91. The summed E-state index contributed by atoms with van der Waals surface area (Å²) >= 11 is 0. The highest BCUT2D eigenvalue weighted by Crippen LogP contribution is 2.23. The molecule has 24 heavy (non-hydrogen) atoms. The van der Waals surface area contributed by atoms with Crippen molar-refractivity contribution < 1.29 is 9.59 Å². The van der Waals surface area contributed by atoms with Gasteiger partial charge in [-0.3, -0.25) is 9.59 Å². The largest absolute Gasteiger partial charge is 0.343 e. The topological polar surface area (TPSA) is 52.7 Å². The Labute approximate surface area is 144 Å². The Morgan fingerprint density at radius 3 is 2.58 bits per heavy atom. The van der Waals surface area contributed by atoms with Gasteiger partial charge in [-0.15, -0.1) is 0 Å². The number of nitrogens with zero attached hydrogens (tertiary/aromatic N) is 2. The molecule has 0 aromatic heterocycles. The van der Waals surface area contributed by atoms with Gasteiger partial charge in [-0.05, 0) is 37.3 Å². The van der Waals surface area contributed by atoms with Gasteiger partial charge in [-0.25, -0.2) is 0 Å². The SMILES string of the molecule is CC(=O)N1CC[C@H](N[C@H]2CCCN(c3ccccc3)C2=O)[C@@H](C)C1. The lowest BCUT2D eigenvalue weighted by molar-refractivity contribution is -0.131. The van der Waals surface area contributed by atoms with Crippen molar-refractivity contribution >= 4 is 17.5 Å². The fourth-order valence-electron chi connectivity index (χ4n) is 3.83. The summed E-state index contributed by atoms with van der Waals surface area (Å²) in [6, 6.07) is 10.1. The maximum atomic E-state index is 12.9. The van der Waals surface area contributed by atoms with Crippen LogP contribution in [0.1, 0.15) is 33.1 Å². The van der Waals surface area contributed by atoms with Gasteiger partial charge in [-0.2, -0.15) is 0 Å². The minimum atomic E-state index is -0.115. The zero-order valence-corrected chi connectivity index (χ0v) is 14.6. The van der Waals surface area contributed by atoms with Crippen LogP contribution in [0.5, 0.6) is 0 Å². The second-order valence-corrected chi connectivity index (χ2v) is 7.02. The molecule has 0 unspecified atom stereocenters. The second-order valence-electron chi connectivity index (χ2n) is 7.02. The Bertz CT molecular complexity index is 590. The molecule has 1 aromatic rings. The number of amides is 2. The van der Waals surface area contributed by atoms with Crippen molar-refractivity contribution in [2.45, 2.75) is 45.2 Å². The molecule has 0 saturated carbocycles. The molecule has 1 N–H and O–H groups in total. The molecular weight excluding hydrogens is 302 g/mol. The van der Waals surface area contributed by atoms with Crippen LogP contribution in [0.2, 0.25) is 0 Å². The van der Waals surface area contributed by atoms with Crippen LogP contribution in [0.15, 0.2) is 30.3 Å². The van der Waals surface area contributed by atoms with E-state index in [4.69, 9.17) is 0 Å². The van der Waals surface area contributed by atoms with Crippen molar-refractivity contribution in [3.05, 3.63) is 30.3 Å². The molecule has 2 aliphatic rings. The van der Waals surface area contributed by atoms with Crippen molar-refractivity contribution in [1.29, 1.82) is 0 Å². The first-order valence-corrected chi connectivity index (χ1v) is 8.94. The van der Waals surface area contributed by atoms with Gasteiger partial charge >= 0.3 is 0 Å². The maximum Gasteiger partial charge on any atom is 0.244 e. The zero-order chi connectivity index (χ0) is 17.1. The van der Waals surface area contributed by atoms with Gasteiger partial charge in [0.25, 0.3) is 0 Å². The third-order valence-electron chi connectivity index (χ3n) is 5.27. The summed E-state index contributed by atoms with van der Waals surface area (Å²) in [6.07, 6.45) is 2.82. The number of anilines is 1. The fourth-order valence-corrected chi connectivity index (χ4v) is 3.83. The summed E-state index contributed by atoms with van der Waals surface area (Å²) in [6.45, 7) is 6.13. The molecule has 2 fully saturated rings. The second kappa shape index (κ2) is 7.34. The molecule has 3 rings (SSSR count). The number of piperidine rings is 2. The minimum Gasteiger partial charge on any atom is -0.343 e. The molecule has 5 heteroatoms. The lowest BCUT2D eigenvalue weighted by Crippen LogP contribution is -2.58. The summed E-state index contributed by atoms with van der Waals surface area (Å²) in [5, 5.41) is 3.59. The van der Waals surface area contributed by atoms with E-state index in [1.54, 1.807) is 6.92 Å². The first-order chi connectivity index (χ1) is 11.6. The van der Waals surface area contributed by atoms with E-state index < -0.39 is 0 Å². The highest BCUT2D eigenvalue weighted by atomic mass is 16.2. The van der Waals surface area contributed by atoms with E-state index in [1.807, 2.05) is 40.1 Å². The van der Waals surface area contributed by atoms with Crippen LogP contribution < -0.4 is 10.2 Å². The van der Waals surface area contributed by atoms with E-state index in [9.17, 15) is 9.59 Å². The number of para-hydroxylation sites is 1. The number of likely N-dealkylation sites (tertiary alicyclic amines) is 1. The zero-order valence-electron chi connectivity index (χ0n) is 14.6. The van der Waals surface area contributed by atoms with Gasteiger partial charge < -0.3 is 15.1 Å². The lowest BCUT2D eigenvalue weighted by Gasteiger charge is -2.40. The summed E-state index contributed by atoms with van der Waals surface area (Å²) in [5.41, 5.74) is 0.980. The molecule has 2 saturated heterocycles. The Balaban J connectivity index is 1.63. The van der Waals surface area contributed by atoms with Crippen molar-refractivity contribution in [3.63, 3.8) is 0 Å². The molecule has 130 valence electrons. The van der Waals surface area contributed by atoms with Gasteiger partial charge in [-0.1, -0.05) is 25.1 Å². The van der Waals surface area contributed by atoms with E-state index in [0.717, 1.165) is 44.6 Å². The number of benzene rings is 1. The Hall–Kier alpha value is -1.88. The third kappa shape index (κ3) is 3.61. The average molecular weight is 329 g/mol.